The van der Waals surface area contributed by atoms with E-state index in [1.165, 1.54) is 0 Å². The predicted octanol–water partition coefficient (Wildman–Crippen LogP) is 0.410. The minimum Gasteiger partial charge on any atom is -0.337 e. The summed E-state index contributed by atoms with van der Waals surface area (Å²) in [7, 11) is -2.96. The molecule has 0 aromatic rings. The van der Waals surface area contributed by atoms with E-state index < -0.39 is 9.84 Å². The second kappa shape index (κ2) is 5.79. The van der Waals surface area contributed by atoms with Gasteiger partial charge in [-0.3, -0.25) is 4.79 Å². The molecule has 0 aromatic carbocycles. The van der Waals surface area contributed by atoms with Crippen molar-refractivity contribution in [3.05, 3.63) is 0 Å². The highest BCUT2D eigenvalue weighted by Crippen LogP contribution is 2.22. The Labute approximate surface area is 115 Å². The quantitative estimate of drug-likeness (QED) is 0.799. The van der Waals surface area contributed by atoms with Gasteiger partial charge in [0.25, 0.3) is 0 Å². The lowest BCUT2D eigenvalue weighted by Crippen LogP contribution is -2.57. The topological polar surface area (TPSA) is 66.5 Å². The molecule has 5 nitrogen and oxygen atoms in total. The number of nitrogens with one attached hydrogen (secondary N) is 1. The van der Waals surface area contributed by atoms with Gasteiger partial charge in [0, 0.05) is 12.6 Å². The molecule has 0 radical (unpaired) electrons. The van der Waals surface area contributed by atoms with Crippen LogP contribution in [0.3, 0.4) is 0 Å². The summed E-state index contributed by atoms with van der Waals surface area (Å²) < 4.78 is 23.1. The summed E-state index contributed by atoms with van der Waals surface area (Å²) >= 11 is 0. The number of hydrogen-bond acceptors (Lipinski definition) is 4. The van der Waals surface area contributed by atoms with Gasteiger partial charge in [0.1, 0.15) is 0 Å². The van der Waals surface area contributed by atoms with Gasteiger partial charge in [-0.05, 0) is 32.2 Å². The highest BCUT2D eigenvalue weighted by molar-refractivity contribution is 7.91. The zero-order valence-corrected chi connectivity index (χ0v) is 12.6. The first kappa shape index (κ1) is 14.8. The Kier molecular flexibility index (Phi) is 4.50. The fourth-order valence-electron chi connectivity index (χ4n) is 3.08. The average Bonchev–Trinajstić information content (AvgIpc) is 2.37. The molecule has 3 unspecified atom stereocenters. The second-order valence-corrected chi connectivity index (χ2v) is 8.03. The number of amides is 1. The summed E-state index contributed by atoms with van der Waals surface area (Å²) in [5.41, 5.74) is 0. The molecule has 0 saturated carbocycles. The lowest BCUT2D eigenvalue weighted by Gasteiger charge is -2.38. The van der Waals surface area contributed by atoms with Crippen LogP contribution >= 0.6 is 0 Å². The molecule has 2 heterocycles. The van der Waals surface area contributed by atoms with Crippen molar-refractivity contribution in [1.29, 1.82) is 0 Å². The molecule has 0 aliphatic carbocycles. The Bertz CT molecular complexity index is 435. The van der Waals surface area contributed by atoms with Crippen LogP contribution in [0.1, 0.15) is 33.1 Å². The van der Waals surface area contributed by atoms with Gasteiger partial charge in [0.15, 0.2) is 9.84 Å². The minimum atomic E-state index is -2.96. The van der Waals surface area contributed by atoms with Crippen LogP contribution in [0.25, 0.3) is 0 Å². The van der Waals surface area contributed by atoms with Crippen molar-refractivity contribution in [2.75, 3.05) is 24.6 Å². The van der Waals surface area contributed by atoms with Gasteiger partial charge in [-0.1, -0.05) is 13.3 Å². The molecule has 19 heavy (non-hydrogen) atoms. The number of rotatable bonds is 2. The fraction of sp³-hybridized carbons (Fsp3) is 0.923. The molecule has 2 fully saturated rings. The standard InChI is InChI=1S/C13H24N2O3S/c1-3-11-4-5-14-12(8-11)13(16)15-6-7-19(17,18)9-10(15)2/h10-12,14H,3-9H2,1-2H3. The van der Waals surface area contributed by atoms with Crippen LogP contribution in [-0.2, 0) is 14.6 Å². The van der Waals surface area contributed by atoms with Gasteiger partial charge in [-0.15, -0.1) is 0 Å². The van der Waals surface area contributed by atoms with Crippen LogP contribution in [0, 0.1) is 5.92 Å². The summed E-state index contributed by atoms with van der Waals surface area (Å²) in [6.45, 7) is 5.22. The molecule has 2 rings (SSSR count). The summed E-state index contributed by atoms with van der Waals surface area (Å²) in [4.78, 5) is 14.3. The van der Waals surface area contributed by atoms with Crippen molar-refractivity contribution in [3.63, 3.8) is 0 Å². The largest absolute Gasteiger partial charge is 0.337 e. The van der Waals surface area contributed by atoms with Crippen LogP contribution in [-0.4, -0.2) is 55.9 Å². The maximum Gasteiger partial charge on any atom is 0.240 e. The Balaban J connectivity index is 1.99. The third-order valence-electron chi connectivity index (χ3n) is 4.34. The van der Waals surface area contributed by atoms with Gasteiger partial charge < -0.3 is 10.2 Å². The van der Waals surface area contributed by atoms with E-state index in [-0.39, 0.29) is 29.5 Å². The maximum atomic E-state index is 12.5. The van der Waals surface area contributed by atoms with Crippen molar-refractivity contribution >= 4 is 15.7 Å². The van der Waals surface area contributed by atoms with E-state index in [9.17, 15) is 13.2 Å². The summed E-state index contributed by atoms with van der Waals surface area (Å²) in [5.74, 6) is 0.898. The molecule has 0 spiro atoms. The lowest BCUT2D eigenvalue weighted by atomic mass is 9.89. The second-order valence-electron chi connectivity index (χ2n) is 5.80. The number of hydrogen-bond donors (Lipinski definition) is 1. The van der Waals surface area contributed by atoms with Crippen LogP contribution in [0.2, 0.25) is 0 Å². The summed E-state index contributed by atoms with van der Waals surface area (Å²) in [6.07, 6.45) is 3.12. The van der Waals surface area contributed by atoms with E-state index in [1.54, 1.807) is 4.90 Å². The SMILES string of the molecule is CCC1CCNC(C(=O)N2CCS(=O)(=O)CC2C)C1. The Morgan fingerprint density at radius 1 is 1.42 bits per heavy atom. The zero-order chi connectivity index (χ0) is 14.0. The minimum absolute atomic E-state index is 0.0838. The first-order valence-corrected chi connectivity index (χ1v) is 8.99. The van der Waals surface area contributed by atoms with Crippen LogP contribution in [0.15, 0.2) is 0 Å². The van der Waals surface area contributed by atoms with Gasteiger partial charge in [0.05, 0.1) is 17.5 Å². The van der Waals surface area contributed by atoms with E-state index >= 15 is 0 Å². The molecule has 1 amide bonds. The zero-order valence-electron chi connectivity index (χ0n) is 11.8. The third-order valence-corrected chi connectivity index (χ3v) is 6.14. The van der Waals surface area contributed by atoms with Crippen molar-refractivity contribution in [3.8, 4) is 0 Å². The predicted molar refractivity (Wildman–Crippen MR) is 74.6 cm³/mol. The molecule has 6 heteroatoms. The highest BCUT2D eigenvalue weighted by atomic mass is 32.2. The monoisotopic (exact) mass is 288 g/mol. The number of nitrogens with zero attached hydrogens (tertiary/aromatic N) is 1. The maximum absolute atomic E-state index is 12.5. The number of sulfone groups is 1. The van der Waals surface area contributed by atoms with Gasteiger partial charge >= 0.3 is 0 Å². The molecule has 3 atom stereocenters. The Morgan fingerprint density at radius 2 is 2.16 bits per heavy atom. The molecule has 110 valence electrons. The van der Waals surface area contributed by atoms with Crippen LogP contribution in [0.4, 0.5) is 0 Å². The van der Waals surface area contributed by atoms with Crippen molar-refractivity contribution in [1.82, 2.24) is 10.2 Å². The third kappa shape index (κ3) is 3.48. The molecular formula is C13H24N2O3S. The summed E-state index contributed by atoms with van der Waals surface area (Å²) in [6, 6.07) is -0.322. The van der Waals surface area contributed by atoms with Gasteiger partial charge in [-0.25, -0.2) is 8.42 Å². The molecule has 2 aliphatic rings. The van der Waals surface area contributed by atoms with Crippen LogP contribution < -0.4 is 5.32 Å². The molecule has 0 bridgehead atoms. The molecule has 0 aromatic heterocycles. The van der Waals surface area contributed by atoms with E-state index in [4.69, 9.17) is 0 Å². The highest BCUT2D eigenvalue weighted by Gasteiger charge is 2.36. The molecular weight excluding hydrogens is 264 g/mol. The lowest BCUT2D eigenvalue weighted by molar-refractivity contribution is -0.136. The molecule has 2 saturated heterocycles. The Hall–Kier alpha value is -0.620. The van der Waals surface area contributed by atoms with Gasteiger partial charge in [0.2, 0.25) is 5.91 Å². The average molecular weight is 288 g/mol. The van der Waals surface area contributed by atoms with E-state index in [1.807, 2.05) is 6.92 Å². The van der Waals surface area contributed by atoms with Crippen molar-refractivity contribution in [2.45, 2.75) is 45.2 Å². The van der Waals surface area contributed by atoms with Gasteiger partial charge in [-0.2, -0.15) is 0 Å². The molecule has 1 N–H and O–H groups in total. The first-order valence-electron chi connectivity index (χ1n) is 7.17. The number of carbonyl (C=O) groups excluding carboxylic acids is 1. The molecule has 2 aliphatic heterocycles. The number of piperidine rings is 1. The first-order chi connectivity index (χ1) is 8.93. The van der Waals surface area contributed by atoms with E-state index in [0.29, 0.717) is 12.5 Å². The normalized spacial score (nSPS) is 35.1. The van der Waals surface area contributed by atoms with Crippen molar-refractivity contribution < 1.29 is 13.2 Å². The smallest absolute Gasteiger partial charge is 0.240 e. The summed E-state index contributed by atoms with van der Waals surface area (Å²) in [5, 5.41) is 3.28. The van der Waals surface area contributed by atoms with E-state index in [0.717, 1.165) is 25.8 Å². The Morgan fingerprint density at radius 3 is 2.79 bits per heavy atom. The van der Waals surface area contributed by atoms with Crippen LogP contribution in [0.5, 0.6) is 0 Å². The fourth-order valence-corrected chi connectivity index (χ4v) is 4.64. The van der Waals surface area contributed by atoms with Crippen molar-refractivity contribution in [2.24, 2.45) is 5.92 Å². The number of carbonyl (C=O) groups is 1. The van der Waals surface area contributed by atoms with E-state index in [2.05, 4.69) is 12.2 Å².